The lowest BCUT2D eigenvalue weighted by Gasteiger charge is -2.13. The molecule has 2 nitrogen and oxygen atoms in total. The highest BCUT2D eigenvalue weighted by molar-refractivity contribution is 8.00. The van der Waals surface area contributed by atoms with E-state index in [0.29, 0.717) is 5.02 Å². The van der Waals surface area contributed by atoms with E-state index in [1.165, 1.54) is 0 Å². The summed E-state index contributed by atoms with van der Waals surface area (Å²) in [4.78, 5) is 14.1. The minimum absolute atomic E-state index is 0.119. The summed E-state index contributed by atoms with van der Waals surface area (Å²) in [5.74, 6) is 0.119. The molecule has 4 heteroatoms. The van der Waals surface area contributed by atoms with E-state index in [1.54, 1.807) is 11.8 Å². The summed E-state index contributed by atoms with van der Waals surface area (Å²) in [6.45, 7) is 0. The molecule has 0 aliphatic carbocycles. The Morgan fingerprint density at radius 3 is 2.55 bits per heavy atom. The monoisotopic (exact) mass is 325 g/mol. The number of Topliss-reactive ketones (excluding diaryl/α,β-unsaturated/α-hetero) is 1. The van der Waals surface area contributed by atoms with E-state index in [4.69, 9.17) is 11.6 Å². The molecule has 0 saturated heterocycles. The molecule has 4 rings (SSSR count). The van der Waals surface area contributed by atoms with Crippen molar-refractivity contribution in [2.24, 2.45) is 0 Å². The van der Waals surface area contributed by atoms with Crippen LogP contribution >= 0.6 is 23.4 Å². The van der Waals surface area contributed by atoms with E-state index in [0.717, 1.165) is 21.8 Å². The number of para-hydroxylation sites is 1. The first kappa shape index (κ1) is 13.7. The molecule has 0 bridgehead atoms. The molecule has 0 radical (unpaired) electrons. The van der Waals surface area contributed by atoms with E-state index in [9.17, 15) is 4.79 Å². The highest BCUT2D eigenvalue weighted by Crippen LogP contribution is 2.43. The zero-order chi connectivity index (χ0) is 15.1. The maximum atomic E-state index is 13.0. The molecule has 2 aromatic carbocycles. The molecule has 0 spiro atoms. The summed E-state index contributed by atoms with van der Waals surface area (Å²) in [6.07, 6.45) is 1.94. The van der Waals surface area contributed by atoms with Gasteiger partial charge < -0.3 is 4.57 Å². The van der Waals surface area contributed by atoms with Crippen LogP contribution in [0, 0.1) is 0 Å². The van der Waals surface area contributed by atoms with Crippen molar-refractivity contribution in [3.05, 3.63) is 83.1 Å². The molecule has 1 aliphatic heterocycles. The molecule has 0 amide bonds. The van der Waals surface area contributed by atoms with E-state index < -0.39 is 0 Å². The highest BCUT2D eigenvalue weighted by atomic mass is 35.5. The van der Waals surface area contributed by atoms with Crippen LogP contribution in [-0.4, -0.2) is 10.4 Å². The number of carbonyl (C=O) groups excluding carboxylic acids is 1. The van der Waals surface area contributed by atoms with Crippen LogP contribution in [0.25, 0.3) is 5.69 Å². The SMILES string of the molecule is O=C1c2cccn2-c2ccccc2SC1c1ccc(Cl)cc1. The third-order valence-electron chi connectivity index (χ3n) is 3.78. The molecule has 3 aromatic rings. The number of fused-ring (bicyclic) bond motifs is 3. The van der Waals surface area contributed by atoms with Crippen molar-refractivity contribution in [1.82, 2.24) is 4.57 Å². The van der Waals surface area contributed by atoms with Gasteiger partial charge in [0.1, 0.15) is 0 Å². The van der Waals surface area contributed by atoms with Gasteiger partial charge in [-0.2, -0.15) is 0 Å². The summed E-state index contributed by atoms with van der Waals surface area (Å²) < 4.78 is 1.97. The van der Waals surface area contributed by atoms with Crippen LogP contribution in [-0.2, 0) is 0 Å². The number of thioether (sulfide) groups is 1. The lowest BCUT2D eigenvalue weighted by molar-refractivity contribution is 0.0984. The number of ketones is 1. The Morgan fingerprint density at radius 1 is 0.955 bits per heavy atom. The third kappa shape index (κ3) is 2.18. The standard InChI is InChI=1S/C18H12ClNOS/c19-13-9-7-12(8-10-13)18-17(21)15-5-3-11-20(15)14-4-1-2-6-16(14)22-18/h1-11,18H. The van der Waals surface area contributed by atoms with Crippen LogP contribution in [0.1, 0.15) is 21.3 Å². The van der Waals surface area contributed by atoms with Gasteiger partial charge in [0.15, 0.2) is 5.78 Å². The average Bonchev–Trinajstić information content (AvgIpc) is 2.99. The van der Waals surface area contributed by atoms with Crippen LogP contribution in [0.2, 0.25) is 5.02 Å². The first-order chi connectivity index (χ1) is 10.7. The largest absolute Gasteiger partial charge is 0.313 e. The number of hydrogen-bond acceptors (Lipinski definition) is 2. The van der Waals surface area contributed by atoms with Crippen LogP contribution in [0.4, 0.5) is 0 Å². The number of carbonyl (C=O) groups is 1. The minimum atomic E-state index is -0.255. The van der Waals surface area contributed by atoms with Gasteiger partial charge in [0.05, 0.1) is 16.6 Å². The predicted octanol–water partition coefficient (Wildman–Crippen LogP) is 5.16. The summed E-state index contributed by atoms with van der Waals surface area (Å²) >= 11 is 7.56. The van der Waals surface area contributed by atoms with Gasteiger partial charge >= 0.3 is 0 Å². The van der Waals surface area contributed by atoms with E-state index >= 15 is 0 Å². The molecule has 2 heterocycles. The van der Waals surface area contributed by atoms with Gasteiger partial charge in [-0.15, -0.1) is 11.8 Å². The van der Waals surface area contributed by atoms with Gasteiger partial charge in [0.25, 0.3) is 0 Å². The molecule has 1 atom stereocenters. The number of halogens is 1. The second-order valence-corrected chi connectivity index (χ2v) is 6.73. The first-order valence-electron chi connectivity index (χ1n) is 6.97. The topological polar surface area (TPSA) is 22.0 Å². The Morgan fingerprint density at radius 2 is 1.73 bits per heavy atom. The van der Waals surface area contributed by atoms with Crippen LogP contribution < -0.4 is 0 Å². The molecule has 22 heavy (non-hydrogen) atoms. The maximum absolute atomic E-state index is 13.0. The van der Waals surface area contributed by atoms with Crippen molar-refractivity contribution in [3.63, 3.8) is 0 Å². The zero-order valence-corrected chi connectivity index (χ0v) is 13.1. The lowest BCUT2D eigenvalue weighted by atomic mass is 10.1. The molecule has 1 aromatic heterocycles. The second-order valence-electron chi connectivity index (χ2n) is 5.14. The maximum Gasteiger partial charge on any atom is 0.197 e. The molecular weight excluding hydrogens is 314 g/mol. The van der Waals surface area contributed by atoms with Gasteiger partial charge in [0, 0.05) is 16.1 Å². The fourth-order valence-corrected chi connectivity index (χ4v) is 4.06. The quantitative estimate of drug-likeness (QED) is 0.616. The fraction of sp³-hybridized carbons (Fsp3) is 0.0556. The van der Waals surface area contributed by atoms with E-state index in [1.807, 2.05) is 65.4 Å². The van der Waals surface area contributed by atoms with Crippen molar-refractivity contribution in [2.75, 3.05) is 0 Å². The van der Waals surface area contributed by atoms with Gasteiger partial charge in [-0.1, -0.05) is 35.9 Å². The summed E-state index contributed by atoms with van der Waals surface area (Å²) in [7, 11) is 0. The van der Waals surface area contributed by atoms with E-state index in [-0.39, 0.29) is 11.0 Å². The second kappa shape index (κ2) is 5.34. The number of benzene rings is 2. The molecule has 108 valence electrons. The van der Waals surface area contributed by atoms with Crippen molar-refractivity contribution < 1.29 is 4.79 Å². The van der Waals surface area contributed by atoms with Gasteiger partial charge in [-0.05, 0) is 42.0 Å². The number of rotatable bonds is 1. The van der Waals surface area contributed by atoms with Gasteiger partial charge in [-0.25, -0.2) is 0 Å². The van der Waals surface area contributed by atoms with Gasteiger partial charge in [0.2, 0.25) is 0 Å². The van der Waals surface area contributed by atoms with Gasteiger partial charge in [-0.3, -0.25) is 4.79 Å². The van der Waals surface area contributed by atoms with E-state index in [2.05, 4.69) is 6.07 Å². The van der Waals surface area contributed by atoms with Crippen molar-refractivity contribution in [3.8, 4) is 5.69 Å². The first-order valence-corrected chi connectivity index (χ1v) is 8.23. The predicted molar refractivity (Wildman–Crippen MR) is 90.1 cm³/mol. The average molecular weight is 326 g/mol. The molecule has 0 saturated carbocycles. The van der Waals surface area contributed by atoms with Crippen molar-refractivity contribution >= 4 is 29.1 Å². The van der Waals surface area contributed by atoms with Crippen LogP contribution in [0.3, 0.4) is 0 Å². The zero-order valence-electron chi connectivity index (χ0n) is 11.6. The Bertz CT molecular complexity index is 854. The number of aromatic nitrogens is 1. The molecule has 1 aliphatic rings. The number of hydrogen-bond donors (Lipinski definition) is 0. The molecule has 0 N–H and O–H groups in total. The van der Waals surface area contributed by atoms with Crippen LogP contribution in [0.5, 0.6) is 0 Å². The highest BCUT2D eigenvalue weighted by Gasteiger charge is 2.30. The summed E-state index contributed by atoms with van der Waals surface area (Å²) in [6, 6.07) is 19.4. The fourth-order valence-electron chi connectivity index (χ4n) is 2.72. The Labute approximate surface area is 137 Å². The third-order valence-corrected chi connectivity index (χ3v) is 5.35. The summed E-state index contributed by atoms with van der Waals surface area (Å²) in [5, 5.41) is 0.424. The van der Waals surface area contributed by atoms with Crippen molar-refractivity contribution in [1.29, 1.82) is 0 Å². The van der Waals surface area contributed by atoms with Crippen LogP contribution in [0.15, 0.2) is 71.8 Å². The van der Waals surface area contributed by atoms with Crippen molar-refractivity contribution in [2.45, 2.75) is 10.1 Å². The molecule has 0 fully saturated rings. The smallest absolute Gasteiger partial charge is 0.197 e. The molecule has 1 unspecified atom stereocenters. The Kier molecular flexibility index (Phi) is 3.32. The minimum Gasteiger partial charge on any atom is -0.313 e. The Balaban J connectivity index is 1.90. The lowest BCUT2D eigenvalue weighted by Crippen LogP contribution is -2.11. The normalized spacial score (nSPS) is 16.8. The number of nitrogens with zero attached hydrogens (tertiary/aromatic N) is 1. The molecular formula is C18H12ClNOS. The Hall–Kier alpha value is -1.97. The summed E-state index contributed by atoms with van der Waals surface area (Å²) in [5.41, 5.74) is 2.75.